The first-order chi connectivity index (χ1) is 12.1. The molecule has 1 amide bonds. The molecule has 1 atom stereocenters. The van der Waals surface area contributed by atoms with Gasteiger partial charge in [-0.15, -0.1) is 0 Å². The molecule has 0 aliphatic carbocycles. The lowest BCUT2D eigenvalue weighted by Crippen LogP contribution is -2.50. The largest absolute Gasteiger partial charge is 0.361 e. The number of nitrogens with zero attached hydrogens (tertiary/aromatic N) is 1. The Kier molecular flexibility index (Phi) is 5.62. The van der Waals surface area contributed by atoms with E-state index in [1.807, 2.05) is 0 Å². The quantitative estimate of drug-likeness (QED) is 0.587. The molecule has 7 nitrogen and oxygen atoms in total. The van der Waals surface area contributed by atoms with Gasteiger partial charge in [-0.3, -0.25) is 10.0 Å². The summed E-state index contributed by atoms with van der Waals surface area (Å²) in [6.07, 6.45) is 1.94. The highest BCUT2D eigenvalue weighted by Crippen LogP contribution is 2.27. The summed E-state index contributed by atoms with van der Waals surface area (Å²) in [4.78, 5) is 11.8. The van der Waals surface area contributed by atoms with Crippen molar-refractivity contribution in [3.8, 4) is 11.3 Å². The predicted molar refractivity (Wildman–Crippen MR) is 93.6 cm³/mol. The molecule has 2 N–H and O–H groups in total. The summed E-state index contributed by atoms with van der Waals surface area (Å²) in [7, 11) is -3.86. The number of nitrogens with one attached hydrogen (secondary N) is 1. The van der Waals surface area contributed by atoms with Gasteiger partial charge in [0.25, 0.3) is 5.91 Å². The summed E-state index contributed by atoms with van der Waals surface area (Å²) in [6.45, 7) is 2.78. The van der Waals surface area contributed by atoms with E-state index >= 15 is 0 Å². The molecule has 0 unspecified atom stereocenters. The number of aromatic nitrogens is 1. The molecule has 0 saturated carbocycles. The maximum Gasteiger partial charge on any atom is 0.264 e. The molecule has 0 spiro atoms. The fourth-order valence-electron chi connectivity index (χ4n) is 2.33. The lowest BCUT2D eigenvalue weighted by Gasteiger charge is -2.23. The van der Waals surface area contributed by atoms with Crippen molar-refractivity contribution in [2.45, 2.75) is 25.0 Å². The van der Waals surface area contributed by atoms with Crippen LogP contribution >= 0.6 is 0 Å². The van der Waals surface area contributed by atoms with Gasteiger partial charge in [-0.1, -0.05) is 35.5 Å². The van der Waals surface area contributed by atoms with Crippen molar-refractivity contribution in [3.63, 3.8) is 0 Å². The molecule has 140 valence electrons. The number of allylic oxidation sites excluding steroid dienone is 1. The second-order valence-electron chi connectivity index (χ2n) is 6.01. The number of amides is 1. The molecule has 0 radical (unpaired) electrons. The van der Waals surface area contributed by atoms with Crippen LogP contribution in [-0.2, 0) is 21.1 Å². The monoisotopic (exact) mass is 382 g/mol. The number of sulfone groups is 1. The Morgan fingerprint density at radius 3 is 2.50 bits per heavy atom. The number of halogens is 1. The zero-order valence-electron chi connectivity index (χ0n) is 14.5. The van der Waals surface area contributed by atoms with Crippen LogP contribution in [0.25, 0.3) is 17.1 Å². The maximum atomic E-state index is 13.5. The van der Waals surface area contributed by atoms with Gasteiger partial charge in [-0.2, -0.15) is 0 Å². The third-order valence-corrected chi connectivity index (χ3v) is 6.15. The van der Waals surface area contributed by atoms with Gasteiger partial charge in [0.05, 0.1) is 0 Å². The first-order valence-corrected chi connectivity index (χ1v) is 9.54. The van der Waals surface area contributed by atoms with Crippen LogP contribution in [0.5, 0.6) is 0 Å². The van der Waals surface area contributed by atoms with Crippen LogP contribution in [0.15, 0.2) is 40.9 Å². The topological polar surface area (TPSA) is 110 Å². The van der Waals surface area contributed by atoms with Crippen molar-refractivity contribution >= 4 is 21.6 Å². The van der Waals surface area contributed by atoms with E-state index in [0.717, 1.165) is 6.26 Å². The number of hydrogen-bond donors (Lipinski definition) is 2. The van der Waals surface area contributed by atoms with E-state index in [4.69, 9.17) is 9.73 Å². The molecule has 2 aromatic rings. The minimum Gasteiger partial charge on any atom is -0.361 e. The van der Waals surface area contributed by atoms with Crippen molar-refractivity contribution in [3.05, 3.63) is 47.7 Å². The van der Waals surface area contributed by atoms with Gasteiger partial charge in [0.15, 0.2) is 14.6 Å². The molecule has 9 heteroatoms. The normalized spacial score (nSPS) is 14.7. The van der Waals surface area contributed by atoms with E-state index in [1.54, 1.807) is 31.2 Å². The average Bonchev–Trinajstić information content (AvgIpc) is 3.07. The van der Waals surface area contributed by atoms with E-state index in [0.29, 0.717) is 16.8 Å². The third-order valence-electron chi connectivity index (χ3n) is 4.18. The second kappa shape index (κ2) is 7.38. The number of rotatable bonds is 6. The second-order valence-corrected chi connectivity index (χ2v) is 8.46. The Labute approximate surface area is 150 Å². The summed E-state index contributed by atoms with van der Waals surface area (Å²) in [5, 5.41) is 12.7. The van der Waals surface area contributed by atoms with Crippen molar-refractivity contribution in [1.82, 2.24) is 10.6 Å². The number of benzene rings is 1. The number of hydrogen-bond acceptors (Lipinski definition) is 6. The smallest absolute Gasteiger partial charge is 0.264 e. The predicted octanol–water partition coefficient (Wildman–Crippen LogP) is 2.52. The molecular formula is C17H19FN2O5S. The van der Waals surface area contributed by atoms with Crippen molar-refractivity contribution < 1.29 is 27.3 Å². The van der Waals surface area contributed by atoms with Crippen LogP contribution in [0, 0.1) is 0 Å². The van der Waals surface area contributed by atoms with Gasteiger partial charge in [-0.25, -0.2) is 18.3 Å². The Bertz CT molecular complexity index is 934. The lowest BCUT2D eigenvalue weighted by atomic mass is 10.0. The van der Waals surface area contributed by atoms with E-state index in [1.165, 1.54) is 24.5 Å². The molecule has 0 fully saturated rings. The molecule has 1 heterocycles. The lowest BCUT2D eigenvalue weighted by molar-refractivity contribution is -0.131. The van der Waals surface area contributed by atoms with E-state index in [2.05, 4.69) is 5.16 Å². The third kappa shape index (κ3) is 3.83. The fourth-order valence-corrected chi connectivity index (χ4v) is 3.12. The highest BCUT2D eigenvalue weighted by molar-refractivity contribution is 7.92. The number of hydroxylamine groups is 1. The van der Waals surface area contributed by atoms with Gasteiger partial charge >= 0.3 is 0 Å². The van der Waals surface area contributed by atoms with Crippen LogP contribution in [0.2, 0.25) is 0 Å². The standard InChI is InChI=1S/C17H19FN2O5S/c1-4-14(18)11-5-7-12(8-6-11)15-9-13(25-20-15)10-17(2,16(21)19-22)26(3,23)24/h4-9,22H,10H2,1-3H3,(H,19,21)/b14-4-/t17-/m1/s1. The number of carbonyl (C=O) groups is 1. The van der Waals surface area contributed by atoms with Crippen molar-refractivity contribution in [2.24, 2.45) is 0 Å². The zero-order valence-corrected chi connectivity index (χ0v) is 15.3. The SMILES string of the molecule is C/C=C(\F)c1ccc(-c2cc(C[C@](C)(C(=O)NO)S(C)(=O)=O)on2)cc1. The fraction of sp³-hybridized carbons (Fsp3) is 0.294. The first kappa shape index (κ1) is 19.8. The summed E-state index contributed by atoms with van der Waals surface area (Å²) in [6, 6.07) is 7.96. The maximum absolute atomic E-state index is 13.5. The van der Waals surface area contributed by atoms with Gasteiger partial charge in [0, 0.05) is 29.9 Å². The molecule has 1 aromatic heterocycles. The molecule has 0 aliphatic rings. The van der Waals surface area contributed by atoms with E-state index < -0.39 is 20.5 Å². The summed E-state index contributed by atoms with van der Waals surface area (Å²) in [5.74, 6) is -1.26. The van der Waals surface area contributed by atoms with Crippen LogP contribution in [0.4, 0.5) is 4.39 Å². The van der Waals surface area contributed by atoms with Gasteiger partial charge < -0.3 is 4.52 Å². The Morgan fingerprint density at radius 1 is 1.38 bits per heavy atom. The van der Waals surface area contributed by atoms with Crippen LogP contribution in [0.3, 0.4) is 0 Å². The molecule has 0 saturated heterocycles. The van der Waals surface area contributed by atoms with Crippen LogP contribution in [0.1, 0.15) is 25.2 Å². The molecule has 1 aromatic carbocycles. The molecule has 0 aliphatic heterocycles. The molecular weight excluding hydrogens is 363 g/mol. The van der Waals surface area contributed by atoms with Crippen molar-refractivity contribution in [2.75, 3.05) is 6.26 Å². The van der Waals surface area contributed by atoms with Crippen molar-refractivity contribution in [1.29, 1.82) is 0 Å². The average molecular weight is 382 g/mol. The van der Waals surface area contributed by atoms with Crippen LogP contribution in [-0.4, -0.2) is 35.7 Å². The molecule has 26 heavy (non-hydrogen) atoms. The highest BCUT2D eigenvalue weighted by Gasteiger charge is 2.44. The number of carbonyl (C=O) groups excluding carboxylic acids is 1. The minimum absolute atomic E-state index is 0.153. The van der Waals surface area contributed by atoms with E-state index in [-0.39, 0.29) is 18.0 Å². The molecule has 0 bridgehead atoms. The minimum atomic E-state index is -3.86. The molecule has 2 rings (SSSR count). The Hall–Kier alpha value is -2.52. The van der Waals surface area contributed by atoms with Crippen LogP contribution < -0.4 is 5.48 Å². The van der Waals surface area contributed by atoms with E-state index in [9.17, 15) is 17.6 Å². The Morgan fingerprint density at radius 2 is 2.00 bits per heavy atom. The summed E-state index contributed by atoms with van der Waals surface area (Å²) in [5.41, 5.74) is 2.84. The van der Waals surface area contributed by atoms with Gasteiger partial charge in [0.2, 0.25) is 0 Å². The summed E-state index contributed by atoms with van der Waals surface area (Å²) < 4.78 is 40.7. The first-order valence-electron chi connectivity index (χ1n) is 7.64. The van der Waals surface area contributed by atoms with Gasteiger partial charge in [0.1, 0.15) is 17.3 Å². The Balaban J connectivity index is 2.31. The van der Waals surface area contributed by atoms with Gasteiger partial charge in [-0.05, 0) is 13.8 Å². The summed E-state index contributed by atoms with van der Waals surface area (Å²) >= 11 is 0. The highest BCUT2D eigenvalue weighted by atomic mass is 32.2. The zero-order chi connectivity index (χ0) is 19.5.